The highest BCUT2D eigenvalue weighted by molar-refractivity contribution is 7.99. The average molecular weight is 426 g/mol. The van der Waals surface area contributed by atoms with Gasteiger partial charge in [-0.3, -0.25) is 10.1 Å². The summed E-state index contributed by atoms with van der Waals surface area (Å²) in [7, 11) is 1.58. The number of amides is 3. The molecule has 2 aromatic heterocycles. The van der Waals surface area contributed by atoms with Crippen LogP contribution in [-0.2, 0) is 5.41 Å². The fourth-order valence-corrected chi connectivity index (χ4v) is 3.35. The highest BCUT2D eigenvalue weighted by atomic mass is 32.2. The summed E-state index contributed by atoms with van der Waals surface area (Å²) in [5.41, 5.74) is 0.948. The van der Waals surface area contributed by atoms with Crippen LogP contribution in [0.4, 0.5) is 16.3 Å². The molecule has 8 nitrogen and oxygen atoms in total. The van der Waals surface area contributed by atoms with Crippen LogP contribution in [0.25, 0.3) is 0 Å². The van der Waals surface area contributed by atoms with Gasteiger partial charge in [0.15, 0.2) is 5.82 Å². The van der Waals surface area contributed by atoms with E-state index in [1.807, 2.05) is 39.0 Å². The van der Waals surface area contributed by atoms with Crippen LogP contribution in [0.3, 0.4) is 0 Å². The van der Waals surface area contributed by atoms with Crippen molar-refractivity contribution in [2.24, 2.45) is 0 Å². The standard InChI is InChI=1S/C21H23N5O3S/c1-21(2,3)16-12-17(26-29-16)25-20(28)24-14-6-5-7-15(11-14)30-18-10-13(8-9-23-18)19(27)22-4/h5-12H,1-4H3,(H,22,27)(H2,24,25,26,28). The molecule has 0 saturated carbocycles. The van der Waals surface area contributed by atoms with Crippen LogP contribution in [0, 0.1) is 0 Å². The molecule has 3 N–H and O–H groups in total. The Morgan fingerprint density at radius 2 is 1.87 bits per heavy atom. The first-order valence-electron chi connectivity index (χ1n) is 9.26. The predicted molar refractivity (Wildman–Crippen MR) is 116 cm³/mol. The summed E-state index contributed by atoms with van der Waals surface area (Å²) in [6.07, 6.45) is 1.59. The molecule has 0 unspecified atom stereocenters. The van der Waals surface area contributed by atoms with E-state index in [9.17, 15) is 9.59 Å². The van der Waals surface area contributed by atoms with Crippen LogP contribution < -0.4 is 16.0 Å². The summed E-state index contributed by atoms with van der Waals surface area (Å²) in [6.45, 7) is 6.00. The summed E-state index contributed by atoms with van der Waals surface area (Å²) < 4.78 is 5.27. The lowest BCUT2D eigenvalue weighted by molar-refractivity contribution is 0.0962. The number of anilines is 2. The van der Waals surface area contributed by atoms with Gasteiger partial charge in [0.25, 0.3) is 5.91 Å². The van der Waals surface area contributed by atoms with E-state index in [4.69, 9.17) is 4.52 Å². The molecule has 2 heterocycles. The number of hydrogen-bond donors (Lipinski definition) is 3. The molecule has 0 aliphatic rings. The maximum Gasteiger partial charge on any atom is 0.324 e. The SMILES string of the molecule is CNC(=O)c1ccnc(Sc2cccc(NC(=O)Nc3cc(C(C)(C)C)on3)c2)c1. The van der Waals surface area contributed by atoms with Gasteiger partial charge < -0.3 is 15.2 Å². The second-order valence-corrected chi connectivity index (χ2v) is 8.59. The van der Waals surface area contributed by atoms with E-state index in [0.717, 1.165) is 4.90 Å². The minimum atomic E-state index is -0.425. The Kier molecular flexibility index (Phi) is 6.41. The lowest BCUT2D eigenvalue weighted by Crippen LogP contribution is -2.19. The van der Waals surface area contributed by atoms with Gasteiger partial charge in [0.2, 0.25) is 0 Å². The van der Waals surface area contributed by atoms with Crippen LogP contribution in [0.5, 0.6) is 0 Å². The molecule has 30 heavy (non-hydrogen) atoms. The molecule has 0 aliphatic heterocycles. The summed E-state index contributed by atoms with van der Waals surface area (Å²) in [4.78, 5) is 29.2. The molecule has 1 aromatic carbocycles. The van der Waals surface area contributed by atoms with Crippen LogP contribution in [0.1, 0.15) is 36.9 Å². The van der Waals surface area contributed by atoms with Gasteiger partial charge >= 0.3 is 6.03 Å². The van der Waals surface area contributed by atoms with Gasteiger partial charge in [-0.1, -0.05) is 43.8 Å². The molecule has 0 saturated heterocycles. The van der Waals surface area contributed by atoms with Gasteiger partial charge in [0.05, 0.1) is 0 Å². The fraction of sp³-hybridized carbons (Fsp3) is 0.238. The van der Waals surface area contributed by atoms with E-state index >= 15 is 0 Å². The zero-order valence-electron chi connectivity index (χ0n) is 17.1. The highest BCUT2D eigenvalue weighted by Crippen LogP contribution is 2.29. The van der Waals surface area contributed by atoms with E-state index in [0.29, 0.717) is 27.9 Å². The van der Waals surface area contributed by atoms with E-state index in [1.165, 1.54) is 11.8 Å². The van der Waals surface area contributed by atoms with Gasteiger partial charge in [0, 0.05) is 40.9 Å². The maximum absolute atomic E-state index is 12.3. The van der Waals surface area contributed by atoms with Crippen molar-refractivity contribution in [3.63, 3.8) is 0 Å². The van der Waals surface area contributed by atoms with E-state index < -0.39 is 6.03 Å². The molecular weight excluding hydrogens is 402 g/mol. The average Bonchev–Trinajstić information content (AvgIpc) is 3.16. The van der Waals surface area contributed by atoms with Crippen LogP contribution in [0.15, 0.2) is 63.1 Å². The molecule has 3 amide bonds. The summed E-state index contributed by atoms with van der Waals surface area (Å²) in [6, 6.07) is 12.0. The Hall–Kier alpha value is -3.33. The first-order valence-corrected chi connectivity index (χ1v) is 10.1. The number of hydrogen-bond acceptors (Lipinski definition) is 6. The van der Waals surface area contributed by atoms with Crippen molar-refractivity contribution in [1.29, 1.82) is 0 Å². The second kappa shape index (κ2) is 9.00. The molecule has 0 bridgehead atoms. The van der Waals surface area contributed by atoms with Crippen molar-refractivity contribution in [2.45, 2.75) is 36.1 Å². The van der Waals surface area contributed by atoms with Crippen molar-refractivity contribution in [2.75, 3.05) is 17.7 Å². The number of pyridine rings is 1. The van der Waals surface area contributed by atoms with E-state index in [-0.39, 0.29) is 11.3 Å². The number of rotatable bonds is 5. The van der Waals surface area contributed by atoms with Gasteiger partial charge in [-0.15, -0.1) is 0 Å². The topological polar surface area (TPSA) is 109 Å². The predicted octanol–water partition coefficient (Wildman–Crippen LogP) is 4.52. The maximum atomic E-state index is 12.3. The highest BCUT2D eigenvalue weighted by Gasteiger charge is 2.20. The van der Waals surface area contributed by atoms with E-state index in [2.05, 4.69) is 26.1 Å². The van der Waals surface area contributed by atoms with Crippen LogP contribution >= 0.6 is 11.8 Å². The van der Waals surface area contributed by atoms with Gasteiger partial charge in [0.1, 0.15) is 10.8 Å². The van der Waals surface area contributed by atoms with E-state index in [1.54, 1.807) is 37.5 Å². The Morgan fingerprint density at radius 1 is 1.07 bits per heavy atom. The molecule has 0 atom stereocenters. The molecule has 156 valence electrons. The third-order valence-corrected chi connectivity index (χ3v) is 4.95. The van der Waals surface area contributed by atoms with Gasteiger partial charge in [-0.25, -0.2) is 9.78 Å². The van der Waals surface area contributed by atoms with Crippen molar-refractivity contribution in [1.82, 2.24) is 15.5 Å². The zero-order valence-corrected chi connectivity index (χ0v) is 18.0. The molecule has 0 aliphatic carbocycles. The van der Waals surface area contributed by atoms with Crippen molar-refractivity contribution < 1.29 is 14.1 Å². The second-order valence-electron chi connectivity index (χ2n) is 7.50. The number of urea groups is 1. The lowest BCUT2D eigenvalue weighted by Gasteiger charge is -2.12. The van der Waals surface area contributed by atoms with Crippen molar-refractivity contribution in [3.8, 4) is 0 Å². The minimum Gasteiger partial charge on any atom is -0.359 e. The summed E-state index contributed by atoms with van der Waals surface area (Å²) in [5, 5.41) is 12.6. The molecule has 0 fully saturated rings. The third kappa shape index (κ3) is 5.60. The quantitative estimate of drug-likeness (QED) is 0.554. The number of carbonyl (C=O) groups is 2. The Bertz CT molecular complexity index is 1060. The molecule has 3 rings (SSSR count). The first-order chi connectivity index (χ1) is 14.2. The first kappa shape index (κ1) is 21.4. The number of aromatic nitrogens is 2. The summed E-state index contributed by atoms with van der Waals surface area (Å²) >= 11 is 1.39. The Balaban J connectivity index is 1.65. The minimum absolute atomic E-state index is 0.172. The zero-order chi connectivity index (χ0) is 21.7. The van der Waals surface area contributed by atoms with Gasteiger partial charge in [-0.2, -0.15) is 0 Å². The Morgan fingerprint density at radius 3 is 2.57 bits per heavy atom. The Labute approximate surface area is 178 Å². The molecule has 0 radical (unpaired) electrons. The lowest BCUT2D eigenvalue weighted by atomic mass is 9.93. The number of benzene rings is 1. The normalized spacial score (nSPS) is 11.1. The van der Waals surface area contributed by atoms with Crippen molar-refractivity contribution in [3.05, 3.63) is 60.0 Å². The monoisotopic (exact) mass is 425 g/mol. The van der Waals surface area contributed by atoms with Crippen LogP contribution in [0.2, 0.25) is 0 Å². The van der Waals surface area contributed by atoms with Crippen molar-refractivity contribution >= 4 is 35.2 Å². The number of nitrogens with zero attached hydrogens (tertiary/aromatic N) is 2. The molecular formula is C21H23N5O3S. The van der Waals surface area contributed by atoms with Crippen LogP contribution in [-0.4, -0.2) is 29.1 Å². The number of carbonyl (C=O) groups excluding carboxylic acids is 2. The third-order valence-electron chi connectivity index (χ3n) is 4.03. The largest absolute Gasteiger partial charge is 0.359 e. The number of nitrogens with one attached hydrogen (secondary N) is 3. The molecule has 0 spiro atoms. The van der Waals surface area contributed by atoms with Gasteiger partial charge in [-0.05, 0) is 30.3 Å². The molecule has 3 aromatic rings. The summed E-state index contributed by atoms with van der Waals surface area (Å²) in [5.74, 6) is 0.856. The molecule has 9 heteroatoms. The smallest absolute Gasteiger partial charge is 0.324 e. The fourth-order valence-electron chi connectivity index (χ4n) is 2.48.